The number of hydrogen-bond donors (Lipinski definition) is 4. The third-order valence-corrected chi connectivity index (χ3v) is 4.40. The van der Waals surface area contributed by atoms with Crippen molar-refractivity contribution >= 4 is 10.0 Å². The molecule has 0 aromatic carbocycles. The highest BCUT2D eigenvalue weighted by molar-refractivity contribution is 7.89. The van der Waals surface area contributed by atoms with Crippen LogP contribution >= 0.6 is 0 Å². The van der Waals surface area contributed by atoms with Crippen molar-refractivity contribution < 1.29 is 18.6 Å². The maximum absolute atomic E-state index is 10.8. The lowest BCUT2D eigenvalue weighted by atomic mass is 9.84. The van der Waals surface area contributed by atoms with Crippen LogP contribution in [0.4, 0.5) is 0 Å². The van der Waals surface area contributed by atoms with E-state index in [-0.39, 0.29) is 0 Å². The standard InChI is InChI=1S/C11H24N2O4S/c12-11(10(15)7-18(13,16)17)9(14)6-8-4-2-1-3-5-8/h8-11,14-15H,1-7,12H2,(H2,13,16,17)/t9-,10+,11+/m1/s1. The van der Waals surface area contributed by atoms with Crippen LogP contribution in [0.25, 0.3) is 0 Å². The molecule has 1 aliphatic rings. The number of aliphatic hydroxyl groups is 2. The van der Waals surface area contributed by atoms with Crippen LogP contribution in [-0.2, 0) is 10.0 Å². The maximum atomic E-state index is 10.8. The average Bonchev–Trinajstić information content (AvgIpc) is 2.27. The summed E-state index contributed by atoms with van der Waals surface area (Å²) in [5.74, 6) is -0.197. The Balaban J connectivity index is 2.41. The zero-order valence-corrected chi connectivity index (χ0v) is 11.3. The molecule has 1 saturated carbocycles. The summed E-state index contributed by atoms with van der Waals surface area (Å²) in [6.45, 7) is 0. The van der Waals surface area contributed by atoms with E-state index in [0.29, 0.717) is 12.3 Å². The maximum Gasteiger partial charge on any atom is 0.211 e. The van der Waals surface area contributed by atoms with Crippen molar-refractivity contribution in [2.75, 3.05) is 5.75 Å². The second-order valence-electron chi connectivity index (χ2n) is 5.28. The molecular formula is C11H24N2O4S. The van der Waals surface area contributed by atoms with Gasteiger partial charge in [0.25, 0.3) is 0 Å². The number of hydrogen-bond acceptors (Lipinski definition) is 5. The molecule has 1 rings (SSSR count). The Kier molecular flexibility index (Phi) is 6.00. The largest absolute Gasteiger partial charge is 0.391 e. The Bertz CT molecular complexity index is 341. The van der Waals surface area contributed by atoms with Crippen molar-refractivity contribution in [3.8, 4) is 0 Å². The first kappa shape index (κ1) is 15.8. The van der Waals surface area contributed by atoms with E-state index >= 15 is 0 Å². The van der Waals surface area contributed by atoms with Gasteiger partial charge in [0.1, 0.15) is 0 Å². The van der Waals surface area contributed by atoms with Crippen molar-refractivity contribution in [2.24, 2.45) is 16.8 Å². The van der Waals surface area contributed by atoms with Crippen LogP contribution in [-0.4, -0.2) is 42.6 Å². The smallest absolute Gasteiger partial charge is 0.211 e. The zero-order valence-electron chi connectivity index (χ0n) is 10.5. The lowest BCUT2D eigenvalue weighted by Gasteiger charge is -2.28. The SMILES string of the molecule is N[C@@H]([C@H](O)CC1CCCCC1)[C@@H](O)CS(N)(=O)=O. The van der Waals surface area contributed by atoms with Crippen molar-refractivity contribution in [2.45, 2.75) is 56.8 Å². The van der Waals surface area contributed by atoms with Gasteiger partial charge in [0.15, 0.2) is 0 Å². The Hall–Kier alpha value is -0.210. The molecule has 6 nitrogen and oxygen atoms in total. The molecule has 108 valence electrons. The predicted octanol–water partition coefficient (Wildman–Crippen LogP) is -0.706. The quantitative estimate of drug-likeness (QED) is 0.511. The van der Waals surface area contributed by atoms with Gasteiger partial charge in [-0.1, -0.05) is 32.1 Å². The molecule has 0 spiro atoms. The first-order valence-electron chi connectivity index (χ1n) is 6.42. The van der Waals surface area contributed by atoms with Crippen molar-refractivity contribution in [3.63, 3.8) is 0 Å². The van der Waals surface area contributed by atoms with E-state index in [0.717, 1.165) is 25.7 Å². The predicted molar refractivity (Wildman–Crippen MR) is 69.2 cm³/mol. The minimum absolute atomic E-state index is 0.418. The molecule has 0 radical (unpaired) electrons. The summed E-state index contributed by atoms with van der Waals surface area (Å²) in [5.41, 5.74) is 5.67. The second kappa shape index (κ2) is 6.81. The number of primary sulfonamides is 1. The lowest BCUT2D eigenvalue weighted by molar-refractivity contribution is 0.0472. The second-order valence-corrected chi connectivity index (χ2v) is 6.94. The van der Waals surface area contributed by atoms with Crippen LogP contribution < -0.4 is 10.9 Å². The lowest BCUT2D eigenvalue weighted by Crippen LogP contribution is -2.49. The molecule has 1 fully saturated rings. The van der Waals surface area contributed by atoms with Crippen molar-refractivity contribution in [3.05, 3.63) is 0 Å². The van der Waals surface area contributed by atoms with Crippen LogP contribution in [0, 0.1) is 5.92 Å². The van der Waals surface area contributed by atoms with Crippen LogP contribution in [0.2, 0.25) is 0 Å². The van der Waals surface area contributed by atoms with Gasteiger partial charge in [0.2, 0.25) is 10.0 Å². The fourth-order valence-electron chi connectivity index (χ4n) is 2.53. The monoisotopic (exact) mass is 280 g/mol. The van der Waals surface area contributed by atoms with Gasteiger partial charge >= 0.3 is 0 Å². The first-order chi connectivity index (χ1) is 8.29. The molecule has 3 atom stereocenters. The molecule has 0 bridgehead atoms. The summed E-state index contributed by atoms with van der Waals surface area (Å²) >= 11 is 0. The van der Waals surface area contributed by atoms with E-state index < -0.39 is 34.0 Å². The summed E-state index contributed by atoms with van der Waals surface area (Å²) in [4.78, 5) is 0. The normalized spacial score (nSPS) is 23.6. The Morgan fingerprint density at radius 2 is 1.67 bits per heavy atom. The Morgan fingerprint density at radius 3 is 2.17 bits per heavy atom. The molecule has 0 unspecified atom stereocenters. The van der Waals surface area contributed by atoms with Gasteiger partial charge in [-0.3, -0.25) is 0 Å². The summed E-state index contributed by atoms with van der Waals surface area (Å²) in [7, 11) is -3.78. The van der Waals surface area contributed by atoms with Gasteiger partial charge in [0.05, 0.1) is 24.0 Å². The van der Waals surface area contributed by atoms with Crippen LogP contribution in [0.5, 0.6) is 0 Å². The molecule has 1 aliphatic carbocycles. The summed E-state index contributed by atoms with van der Waals surface area (Å²) < 4.78 is 21.7. The van der Waals surface area contributed by atoms with E-state index in [1.54, 1.807) is 0 Å². The van der Waals surface area contributed by atoms with E-state index in [1.165, 1.54) is 6.42 Å². The summed E-state index contributed by atoms with van der Waals surface area (Å²) in [5, 5.41) is 24.4. The summed E-state index contributed by atoms with van der Waals surface area (Å²) in [6.07, 6.45) is 3.99. The molecule has 0 heterocycles. The van der Waals surface area contributed by atoms with E-state index in [9.17, 15) is 18.6 Å². The molecule has 18 heavy (non-hydrogen) atoms. The Morgan fingerprint density at radius 1 is 1.11 bits per heavy atom. The Labute approximate surface area is 108 Å². The zero-order chi connectivity index (χ0) is 13.8. The van der Waals surface area contributed by atoms with Gasteiger partial charge in [-0.15, -0.1) is 0 Å². The van der Waals surface area contributed by atoms with Crippen LogP contribution in [0.15, 0.2) is 0 Å². The highest BCUT2D eigenvalue weighted by atomic mass is 32.2. The number of nitrogens with two attached hydrogens (primary N) is 2. The van der Waals surface area contributed by atoms with E-state index in [1.807, 2.05) is 0 Å². The minimum Gasteiger partial charge on any atom is -0.391 e. The van der Waals surface area contributed by atoms with Crippen LogP contribution in [0.1, 0.15) is 38.5 Å². The van der Waals surface area contributed by atoms with Gasteiger partial charge in [-0.25, -0.2) is 13.6 Å². The minimum atomic E-state index is -3.78. The van der Waals surface area contributed by atoms with Crippen molar-refractivity contribution in [1.82, 2.24) is 0 Å². The van der Waals surface area contributed by atoms with Gasteiger partial charge in [-0.2, -0.15) is 0 Å². The molecule has 6 N–H and O–H groups in total. The molecule has 0 aromatic heterocycles. The molecule has 0 saturated heterocycles. The number of rotatable bonds is 6. The van der Waals surface area contributed by atoms with Crippen LogP contribution in [0.3, 0.4) is 0 Å². The fraction of sp³-hybridized carbons (Fsp3) is 1.00. The molecule has 7 heteroatoms. The van der Waals surface area contributed by atoms with Crippen molar-refractivity contribution in [1.29, 1.82) is 0 Å². The number of sulfonamides is 1. The molecule has 0 aromatic rings. The number of aliphatic hydroxyl groups excluding tert-OH is 2. The first-order valence-corrected chi connectivity index (χ1v) is 8.13. The van der Waals surface area contributed by atoms with E-state index in [4.69, 9.17) is 10.9 Å². The fourth-order valence-corrected chi connectivity index (χ4v) is 3.23. The topological polar surface area (TPSA) is 127 Å². The molecular weight excluding hydrogens is 256 g/mol. The highest BCUT2D eigenvalue weighted by Gasteiger charge is 2.28. The third-order valence-electron chi connectivity index (χ3n) is 3.59. The van der Waals surface area contributed by atoms with Gasteiger partial charge in [-0.05, 0) is 12.3 Å². The average molecular weight is 280 g/mol. The molecule has 0 aliphatic heterocycles. The summed E-state index contributed by atoms with van der Waals surface area (Å²) in [6, 6.07) is -0.967. The third kappa shape index (κ3) is 5.62. The van der Waals surface area contributed by atoms with E-state index in [2.05, 4.69) is 0 Å². The molecule has 0 amide bonds. The van der Waals surface area contributed by atoms with Gasteiger partial charge < -0.3 is 15.9 Å². The van der Waals surface area contributed by atoms with Gasteiger partial charge in [0, 0.05) is 0 Å². The highest BCUT2D eigenvalue weighted by Crippen LogP contribution is 2.28.